The van der Waals surface area contributed by atoms with Gasteiger partial charge in [-0.25, -0.2) is 4.98 Å². The van der Waals surface area contributed by atoms with Crippen LogP contribution in [0.4, 0.5) is 0 Å². The minimum atomic E-state index is -0.670. The van der Waals surface area contributed by atoms with E-state index in [0.717, 1.165) is 24.4 Å². The van der Waals surface area contributed by atoms with Crippen LogP contribution in [0.15, 0.2) is 17.6 Å². The lowest BCUT2D eigenvalue weighted by Crippen LogP contribution is -2.37. The minimum absolute atomic E-state index is 0.113. The molecule has 106 valence electrons. The van der Waals surface area contributed by atoms with E-state index in [4.69, 9.17) is 0 Å². The van der Waals surface area contributed by atoms with Gasteiger partial charge in [-0.3, -0.25) is 4.79 Å². The van der Waals surface area contributed by atoms with Gasteiger partial charge in [-0.15, -0.1) is 0 Å². The number of thioether (sulfide) groups is 1. The third-order valence-corrected chi connectivity index (χ3v) is 5.34. The van der Waals surface area contributed by atoms with Gasteiger partial charge in [-0.2, -0.15) is 0 Å². The molecule has 1 aliphatic carbocycles. The van der Waals surface area contributed by atoms with Crippen LogP contribution < -0.4 is 0 Å². The zero-order valence-corrected chi connectivity index (χ0v) is 12.5. The highest BCUT2D eigenvalue weighted by atomic mass is 32.2. The summed E-state index contributed by atoms with van der Waals surface area (Å²) in [5, 5.41) is 10.3. The quantitative estimate of drug-likeness (QED) is 0.891. The Labute approximate surface area is 118 Å². The molecule has 1 aliphatic rings. The third kappa shape index (κ3) is 3.53. The summed E-state index contributed by atoms with van der Waals surface area (Å²) in [7, 11) is 0. The summed E-state index contributed by atoms with van der Waals surface area (Å²) in [6.07, 6.45) is 6.22. The molecule has 3 atom stereocenters. The van der Waals surface area contributed by atoms with Crippen molar-refractivity contribution in [3.05, 3.63) is 12.4 Å². The van der Waals surface area contributed by atoms with Crippen molar-refractivity contribution in [2.45, 2.75) is 50.4 Å². The van der Waals surface area contributed by atoms with Gasteiger partial charge in [0.05, 0.1) is 5.92 Å². The Hall–Kier alpha value is -0.970. The zero-order chi connectivity index (χ0) is 14.0. The Morgan fingerprint density at radius 2 is 2.21 bits per heavy atom. The number of aliphatic carboxylic acids is 1. The van der Waals surface area contributed by atoms with Crippen molar-refractivity contribution in [2.24, 2.45) is 17.3 Å². The van der Waals surface area contributed by atoms with E-state index in [-0.39, 0.29) is 16.6 Å². The number of hydrogen-bond donors (Lipinski definition) is 2. The van der Waals surface area contributed by atoms with Gasteiger partial charge in [-0.05, 0) is 30.6 Å². The first kappa shape index (κ1) is 14.4. The van der Waals surface area contributed by atoms with Crippen LogP contribution in [0, 0.1) is 17.3 Å². The molecule has 3 unspecified atom stereocenters. The number of H-pyrrole nitrogens is 1. The summed E-state index contributed by atoms with van der Waals surface area (Å²) >= 11 is 1.58. The van der Waals surface area contributed by atoms with Gasteiger partial charge in [0.2, 0.25) is 0 Å². The Morgan fingerprint density at radius 3 is 2.74 bits per heavy atom. The first-order chi connectivity index (χ1) is 8.88. The van der Waals surface area contributed by atoms with Crippen molar-refractivity contribution in [1.82, 2.24) is 9.97 Å². The lowest BCUT2D eigenvalue weighted by molar-refractivity contribution is -0.143. The Bertz CT molecular complexity index is 425. The number of carboxylic acid groups (broad SMARTS) is 1. The van der Waals surface area contributed by atoms with E-state index < -0.39 is 5.97 Å². The van der Waals surface area contributed by atoms with Crippen LogP contribution in [-0.2, 0) is 4.79 Å². The maximum atomic E-state index is 11.4. The lowest BCUT2D eigenvalue weighted by Gasteiger charge is -2.39. The Morgan fingerprint density at radius 1 is 1.47 bits per heavy atom. The van der Waals surface area contributed by atoms with Crippen molar-refractivity contribution in [1.29, 1.82) is 0 Å². The molecule has 4 nitrogen and oxygen atoms in total. The number of aromatic nitrogens is 2. The summed E-state index contributed by atoms with van der Waals surface area (Å²) in [4.78, 5) is 18.7. The molecule has 1 saturated carbocycles. The van der Waals surface area contributed by atoms with Crippen molar-refractivity contribution in [2.75, 3.05) is 0 Å². The number of rotatable bonds is 3. The zero-order valence-electron chi connectivity index (χ0n) is 11.7. The summed E-state index contributed by atoms with van der Waals surface area (Å²) in [5.41, 5.74) is 0.242. The molecule has 0 radical (unpaired) electrons. The molecule has 1 fully saturated rings. The first-order valence-corrected chi connectivity index (χ1v) is 7.64. The smallest absolute Gasteiger partial charge is 0.307 e. The highest BCUT2D eigenvalue weighted by molar-refractivity contribution is 7.99. The van der Waals surface area contributed by atoms with Gasteiger partial charge in [0, 0.05) is 17.6 Å². The summed E-state index contributed by atoms with van der Waals surface area (Å²) in [6, 6.07) is 0. The second kappa shape index (κ2) is 5.57. The van der Waals surface area contributed by atoms with Crippen LogP contribution >= 0.6 is 11.8 Å². The van der Waals surface area contributed by atoms with Crippen LogP contribution in [0.3, 0.4) is 0 Å². The van der Waals surface area contributed by atoms with Gasteiger partial charge in [0.25, 0.3) is 0 Å². The molecule has 1 aromatic rings. The molecule has 19 heavy (non-hydrogen) atoms. The molecular formula is C14H22N2O2S. The van der Waals surface area contributed by atoms with E-state index in [1.165, 1.54) is 0 Å². The van der Waals surface area contributed by atoms with Crippen molar-refractivity contribution >= 4 is 17.7 Å². The van der Waals surface area contributed by atoms with Crippen molar-refractivity contribution in [3.8, 4) is 0 Å². The van der Waals surface area contributed by atoms with E-state index in [0.29, 0.717) is 5.92 Å². The van der Waals surface area contributed by atoms with E-state index in [2.05, 4.69) is 30.7 Å². The second-order valence-corrected chi connectivity index (χ2v) is 7.60. The van der Waals surface area contributed by atoms with Crippen molar-refractivity contribution in [3.63, 3.8) is 0 Å². The topological polar surface area (TPSA) is 66.0 Å². The maximum Gasteiger partial charge on any atom is 0.307 e. The van der Waals surface area contributed by atoms with E-state index >= 15 is 0 Å². The lowest BCUT2D eigenvalue weighted by atomic mass is 9.69. The number of carbonyl (C=O) groups is 1. The standard InChI is InChI=1S/C14H22N2O2S/c1-14(2,3)9-4-5-10(12(17)18)11(8-9)19-13-15-6-7-16-13/h6-7,9-11H,4-5,8H2,1-3H3,(H,15,16)(H,17,18). The van der Waals surface area contributed by atoms with Crippen molar-refractivity contribution < 1.29 is 9.90 Å². The number of imidazole rings is 1. The van der Waals surface area contributed by atoms with E-state index in [1.54, 1.807) is 24.2 Å². The van der Waals surface area contributed by atoms with Gasteiger partial charge in [-0.1, -0.05) is 32.5 Å². The summed E-state index contributed by atoms with van der Waals surface area (Å²) in [5.74, 6) is -0.347. The monoisotopic (exact) mass is 282 g/mol. The average Bonchev–Trinajstić information content (AvgIpc) is 2.80. The average molecular weight is 282 g/mol. The van der Waals surface area contributed by atoms with Gasteiger partial charge in [0.1, 0.15) is 0 Å². The van der Waals surface area contributed by atoms with E-state index in [9.17, 15) is 9.90 Å². The largest absolute Gasteiger partial charge is 0.481 e. The number of hydrogen-bond acceptors (Lipinski definition) is 3. The Balaban J connectivity index is 2.11. The minimum Gasteiger partial charge on any atom is -0.481 e. The molecular weight excluding hydrogens is 260 g/mol. The number of aromatic amines is 1. The third-order valence-electron chi connectivity index (χ3n) is 4.07. The second-order valence-electron chi connectivity index (χ2n) is 6.37. The molecule has 1 aromatic heterocycles. The molecule has 5 heteroatoms. The first-order valence-electron chi connectivity index (χ1n) is 6.77. The number of nitrogens with zero attached hydrogens (tertiary/aromatic N) is 1. The fourth-order valence-electron chi connectivity index (χ4n) is 2.79. The molecule has 0 aliphatic heterocycles. The molecule has 1 heterocycles. The predicted octanol–water partition coefficient (Wildman–Crippen LogP) is 3.42. The van der Waals surface area contributed by atoms with Crippen LogP contribution in [0.25, 0.3) is 0 Å². The van der Waals surface area contributed by atoms with Crippen LogP contribution in [0.2, 0.25) is 0 Å². The number of nitrogens with one attached hydrogen (secondary N) is 1. The molecule has 2 rings (SSSR count). The maximum absolute atomic E-state index is 11.4. The van der Waals surface area contributed by atoms with Crippen LogP contribution in [0.5, 0.6) is 0 Å². The highest BCUT2D eigenvalue weighted by Gasteiger charge is 2.39. The molecule has 0 spiro atoms. The molecule has 0 bridgehead atoms. The molecule has 0 saturated heterocycles. The fraction of sp³-hybridized carbons (Fsp3) is 0.714. The fourth-order valence-corrected chi connectivity index (χ4v) is 4.08. The summed E-state index contributed by atoms with van der Waals surface area (Å²) in [6.45, 7) is 6.73. The highest BCUT2D eigenvalue weighted by Crippen LogP contribution is 2.45. The van der Waals surface area contributed by atoms with Gasteiger partial charge in [0.15, 0.2) is 5.16 Å². The molecule has 0 amide bonds. The molecule has 2 N–H and O–H groups in total. The van der Waals surface area contributed by atoms with Gasteiger partial charge >= 0.3 is 5.97 Å². The Kier molecular flexibility index (Phi) is 4.23. The summed E-state index contributed by atoms with van der Waals surface area (Å²) < 4.78 is 0. The normalized spacial score (nSPS) is 28.3. The predicted molar refractivity (Wildman–Crippen MR) is 76.2 cm³/mol. The van der Waals surface area contributed by atoms with Crippen LogP contribution in [0.1, 0.15) is 40.0 Å². The molecule has 0 aromatic carbocycles. The van der Waals surface area contributed by atoms with Crippen LogP contribution in [-0.4, -0.2) is 26.3 Å². The number of carboxylic acids is 1. The van der Waals surface area contributed by atoms with Gasteiger partial charge < -0.3 is 10.1 Å². The SMILES string of the molecule is CC(C)(C)C1CCC(C(=O)O)C(Sc2ncc[nH]2)C1. The van der Waals surface area contributed by atoms with E-state index in [1.807, 2.05) is 0 Å².